The van der Waals surface area contributed by atoms with Crippen LogP contribution in [-0.4, -0.2) is 71.8 Å². The van der Waals surface area contributed by atoms with Crippen molar-refractivity contribution in [3.05, 3.63) is 114 Å². The quantitative estimate of drug-likeness (QED) is 0.0373. The highest BCUT2D eigenvalue weighted by atomic mass is 32.2. The van der Waals surface area contributed by atoms with Crippen molar-refractivity contribution >= 4 is 33.7 Å². The molecule has 2 aromatic heterocycles. The predicted molar refractivity (Wildman–Crippen MR) is 220 cm³/mol. The number of unbranched alkanes of at least 4 members (excludes halogenated alkanes) is 1. The molecule has 0 fully saturated rings. The maximum Gasteiger partial charge on any atom is 0.305 e. The van der Waals surface area contributed by atoms with Gasteiger partial charge in [0, 0.05) is 24.4 Å². The van der Waals surface area contributed by atoms with Crippen molar-refractivity contribution < 1.29 is 46.7 Å². The Balaban J connectivity index is 0.983. The average Bonchev–Trinajstić information content (AvgIpc) is 3.71. The molecule has 3 aromatic carbocycles. The molecule has 0 aliphatic carbocycles. The molecule has 16 nitrogen and oxygen atoms in total. The predicted octanol–water partition coefficient (Wildman–Crippen LogP) is 7.03. The van der Waals surface area contributed by atoms with Crippen LogP contribution in [0.25, 0.3) is 22.4 Å². The number of benzene rings is 3. The highest BCUT2D eigenvalue weighted by Gasteiger charge is 2.27. The third-order valence-electron chi connectivity index (χ3n) is 9.49. The molecule has 0 unspecified atom stereocenters. The van der Waals surface area contributed by atoms with E-state index in [2.05, 4.69) is 25.8 Å². The smallest absolute Gasteiger partial charge is 0.305 e. The number of amides is 2. The van der Waals surface area contributed by atoms with Crippen molar-refractivity contribution in [3.63, 3.8) is 0 Å². The molecule has 3 heterocycles. The Bertz CT molecular complexity index is 2460. The second kappa shape index (κ2) is 19.4. The van der Waals surface area contributed by atoms with E-state index in [1.54, 1.807) is 6.07 Å². The van der Waals surface area contributed by atoms with E-state index < -0.39 is 40.4 Å². The Labute approximate surface area is 346 Å². The van der Waals surface area contributed by atoms with Crippen molar-refractivity contribution in [2.45, 2.75) is 57.0 Å². The zero-order valence-electron chi connectivity index (χ0n) is 32.9. The summed E-state index contributed by atoms with van der Waals surface area (Å²) in [6.07, 6.45) is 2.74. The molecule has 0 saturated heterocycles. The molecule has 1 aliphatic rings. The molecule has 17 heteroatoms. The second-order valence-corrected chi connectivity index (χ2v) is 16.1. The summed E-state index contributed by atoms with van der Waals surface area (Å²) in [4.78, 5) is 46.4. The third kappa shape index (κ3) is 11.9. The fourth-order valence-electron chi connectivity index (χ4n) is 6.27. The maximum atomic E-state index is 13.2. The Hall–Kier alpha value is -6.72. The normalized spacial score (nSPS) is 12.8. The number of azo groups is 1. The largest absolute Gasteiger partial charge is 0.481 e. The SMILES string of the molecule is CC(C)(CCCCOc1cc(-c2ccc3c(c2)OCO3)cc(-c2ccccc2)n1)CNC(=O)[C@H](CC(=O)O)NC(=O)c1ccc(N=NCc2ccccc2S(=O)(=O)O)nc1. The van der Waals surface area contributed by atoms with Gasteiger partial charge in [-0.15, -0.1) is 5.11 Å². The van der Waals surface area contributed by atoms with E-state index in [4.69, 9.17) is 19.2 Å². The number of hydrogen-bond acceptors (Lipinski definition) is 12. The Morgan fingerprint density at radius 2 is 1.67 bits per heavy atom. The number of nitrogens with zero attached hydrogens (tertiary/aromatic N) is 4. The van der Waals surface area contributed by atoms with Crippen LogP contribution in [0.4, 0.5) is 5.82 Å². The van der Waals surface area contributed by atoms with Crippen LogP contribution in [0.2, 0.25) is 0 Å². The van der Waals surface area contributed by atoms with Gasteiger partial charge in [-0.05, 0) is 77.8 Å². The standard InChI is InChI=1S/C43H44N6O10S/c1-43(2,18-8-9-19-57-39-22-32(20-33(47-39)28-10-4-3-5-11-28)29-14-16-35-36(21-29)59-27-58-35)26-45-42(53)34(23-40(50)51)48-41(52)31-15-17-38(44-24-31)49-46-25-30-12-6-7-13-37(30)60(54,55)56/h3-7,10-17,20-22,24,34H,8-9,18-19,23,25-27H2,1-2H3,(H,45,53)(H,48,52)(H,50,51)(H,54,55,56)/t34-/m0/s1. The van der Waals surface area contributed by atoms with Crippen molar-refractivity contribution in [1.82, 2.24) is 20.6 Å². The van der Waals surface area contributed by atoms with Crippen LogP contribution in [0.15, 0.2) is 118 Å². The lowest BCUT2D eigenvalue weighted by molar-refractivity contribution is -0.139. The first-order valence-corrected chi connectivity index (χ1v) is 20.5. The molecule has 1 atom stereocenters. The molecule has 0 radical (unpaired) electrons. The van der Waals surface area contributed by atoms with Crippen LogP contribution in [0.1, 0.15) is 55.5 Å². The highest BCUT2D eigenvalue weighted by molar-refractivity contribution is 7.85. The topological polar surface area (TPSA) is 228 Å². The van der Waals surface area contributed by atoms with Crippen LogP contribution >= 0.6 is 0 Å². The summed E-state index contributed by atoms with van der Waals surface area (Å²) in [5.41, 5.74) is 3.48. The van der Waals surface area contributed by atoms with Crippen LogP contribution in [-0.2, 0) is 26.3 Å². The molecule has 312 valence electrons. The van der Waals surface area contributed by atoms with Gasteiger partial charge >= 0.3 is 5.97 Å². The minimum atomic E-state index is -4.45. The van der Waals surface area contributed by atoms with Gasteiger partial charge in [0.15, 0.2) is 17.3 Å². The molecule has 4 N–H and O–H groups in total. The zero-order chi connectivity index (χ0) is 42.7. The van der Waals surface area contributed by atoms with Gasteiger partial charge in [0.1, 0.15) is 6.04 Å². The number of nitrogens with one attached hydrogen (secondary N) is 2. The van der Waals surface area contributed by atoms with Gasteiger partial charge in [-0.2, -0.15) is 13.5 Å². The van der Waals surface area contributed by atoms with E-state index in [1.165, 1.54) is 36.5 Å². The van der Waals surface area contributed by atoms with E-state index in [-0.39, 0.29) is 47.1 Å². The molecule has 0 bridgehead atoms. The zero-order valence-corrected chi connectivity index (χ0v) is 33.7. The highest BCUT2D eigenvalue weighted by Crippen LogP contribution is 2.37. The molecule has 6 rings (SSSR count). The molecule has 1 aliphatic heterocycles. The number of pyridine rings is 2. The van der Waals surface area contributed by atoms with E-state index in [0.717, 1.165) is 35.2 Å². The first-order valence-electron chi connectivity index (χ1n) is 19.0. The van der Waals surface area contributed by atoms with Crippen molar-refractivity contribution in [2.24, 2.45) is 15.6 Å². The lowest BCUT2D eigenvalue weighted by Gasteiger charge is -2.26. The van der Waals surface area contributed by atoms with Gasteiger partial charge in [-0.1, -0.05) is 68.4 Å². The minimum absolute atomic E-state index is 0.0440. The number of aromatic nitrogens is 2. The summed E-state index contributed by atoms with van der Waals surface area (Å²) >= 11 is 0. The molecule has 60 heavy (non-hydrogen) atoms. The van der Waals surface area contributed by atoms with Crippen LogP contribution in [0.5, 0.6) is 17.4 Å². The number of hydrogen-bond donors (Lipinski definition) is 4. The fraction of sp³-hybridized carbons (Fsp3) is 0.279. The molecule has 5 aromatic rings. The third-order valence-corrected chi connectivity index (χ3v) is 10.4. The van der Waals surface area contributed by atoms with Crippen molar-refractivity contribution in [1.29, 1.82) is 0 Å². The van der Waals surface area contributed by atoms with Gasteiger partial charge in [-0.3, -0.25) is 18.9 Å². The number of fused-ring (bicyclic) bond motifs is 1. The monoisotopic (exact) mass is 836 g/mol. The van der Waals surface area contributed by atoms with E-state index in [9.17, 15) is 32.5 Å². The lowest BCUT2D eigenvalue weighted by Crippen LogP contribution is -2.49. The van der Waals surface area contributed by atoms with Gasteiger partial charge in [0.25, 0.3) is 16.0 Å². The summed E-state index contributed by atoms with van der Waals surface area (Å²) < 4.78 is 49.8. The van der Waals surface area contributed by atoms with Crippen molar-refractivity contribution in [2.75, 3.05) is 19.9 Å². The first-order chi connectivity index (χ1) is 28.7. The van der Waals surface area contributed by atoms with Crippen LogP contribution in [0, 0.1) is 5.41 Å². The summed E-state index contributed by atoms with van der Waals surface area (Å²) in [5, 5.41) is 22.6. The molecular weight excluding hydrogens is 793 g/mol. The molecular formula is C43H44N6O10S. The lowest BCUT2D eigenvalue weighted by atomic mass is 9.87. The summed E-state index contributed by atoms with van der Waals surface area (Å²) in [5.74, 6) is -0.674. The number of rotatable bonds is 19. The molecule has 0 spiro atoms. The number of aliphatic carboxylic acids is 1. The summed E-state index contributed by atoms with van der Waals surface area (Å²) in [6.45, 7) is 4.63. The Morgan fingerprint density at radius 1 is 0.900 bits per heavy atom. The average molecular weight is 837 g/mol. The van der Waals surface area contributed by atoms with Crippen molar-refractivity contribution in [3.8, 4) is 39.8 Å². The van der Waals surface area contributed by atoms with Gasteiger partial charge in [0.2, 0.25) is 18.6 Å². The molecule has 0 saturated carbocycles. The van der Waals surface area contributed by atoms with Gasteiger partial charge in [-0.25, -0.2) is 9.97 Å². The summed E-state index contributed by atoms with van der Waals surface area (Å²) in [6, 6.07) is 26.7. The van der Waals surface area contributed by atoms with E-state index in [0.29, 0.717) is 30.4 Å². The number of carbonyl (C=O) groups is 3. The van der Waals surface area contributed by atoms with E-state index >= 15 is 0 Å². The number of carboxylic acids is 1. The number of ether oxygens (including phenoxy) is 3. The fourth-order valence-corrected chi connectivity index (χ4v) is 6.99. The number of carboxylic acid groups (broad SMARTS) is 1. The first kappa shape index (κ1) is 42.9. The Morgan fingerprint density at radius 3 is 2.42 bits per heavy atom. The molecule has 2 amide bonds. The second-order valence-electron chi connectivity index (χ2n) is 14.7. The van der Waals surface area contributed by atoms with Crippen LogP contribution < -0.4 is 24.8 Å². The van der Waals surface area contributed by atoms with Crippen LogP contribution in [0.3, 0.4) is 0 Å². The number of carbonyl (C=O) groups excluding carboxylic acids is 2. The Kier molecular flexibility index (Phi) is 13.8. The van der Waals surface area contributed by atoms with E-state index in [1.807, 2.05) is 74.5 Å². The van der Waals surface area contributed by atoms with Gasteiger partial charge in [0.05, 0.1) is 35.7 Å². The summed E-state index contributed by atoms with van der Waals surface area (Å²) in [7, 11) is -4.45. The maximum absolute atomic E-state index is 13.2. The van der Waals surface area contributed by atoms with Gasteiger partial charge < -0.3 is 30.0 Å². The minimum Gasteiger partial charge on any atom is -0.481 e.